The molecule has 6 nitrogen and oxygen atoms in total. The Bertz CT molecular complexity index is 1190. The molecule has 0 radical (unpaired) electrons. The molecule has 0 aliphatic carbocycles. The molecule has 0 aliphatic heterocycles. The number of aryl methyl sites for hydroxylation is 3. The van der Waals surface area contributed by atoms with E-state index in [1.807, 2.05) is 39.0 Å². The van der Waals surface area contributed by atoms with Crippen LogP contribution >= 0.6 is 0 Å². The molecule has 0 unspecified atom stereocenters. The molecule has 3 aromatic rings. The van der Waals surface area contributed by atoms with Crippen LogP contribution in [0, 0.1) is 13.8 Å². The second-order valence-corrected chi connectivity index (χ2v) is 9.46. The summed E-state index contributed by atoms with van der Waals surface area (Å²) in [6.07, 6.45) is 0.773. The highest BCUT2D eigenvalue weighted by atomic mass is 32.2. The van der Waals surface area contributed by atoms with Gasteiger partial charge in [0.25, 0.3) is 10.0 Å². The van der Waals surface area contributed by atoms with Gasteiger partial charge in [-0.2, -0.15) is 0 Å². The van der Waals surface area contributed by atoms with Crippen LogP contribution in [0.2, 0.25) is 0 Å². The maximum Gasteiger partial charge on any atom is 0.264 e. The summed E-state index contributed by atoms with van der Waals surface area (Å²) < 4.78 is 33.8. The van der Waals surface area contributed by atoms with Crippen molar-refractivity contribution in [2.45, 2.75) is 32.1 Å². The normalized spacial score (nSPS) is 11.1. The van der Waals surface area contributed by atoms with Gasteiger partial charge in [-0.25, -0.2) is 8.42 Å². The molecule has 3 rings (SSSR count). The van der Waals surface area contributed by atoms with Crippen molar-refractivity contribution in [1.82, 2.24) is 0 Å². The first-order valence-corrected chi connectivity index (χ1v) is 11.8. The van der Waals surface area contributed by atoms with Crippen molar-refractivity contribution < 1.29 is 17.9 Å². The molecule has 0 spiro atoms. The zero-order valence-electron chi connectivity index (χ0n) is 18.8. The maximum atomic E-state index is 13.6. The van der Waals surface area contributed by atoms with Crippen LogP contribution in [0.1, 0.15) is 23.6 Å². The van der Waals surface area contributed by atoms with Crippen LogP contribution in [0.5, 0.6) is 5.75 Å². The monoisotopic (exact) mass is 452 g/mol. The molecular formula is C25H28N2O4S. The molecule has 0 aromatic heterocycles. The Balaban J connectivity index is 2.02. The molecule has 0 aliphatic rings. The first-order chi connectivity index (χ1) is 15.2. The second kappa shape index (κ2) is 9.87. The van der Waals surface area contributed by atoms with Crippen LogP contribution in [-0.4, -0.2) is 28.0 Å². The SMILES string of the molecule is CCc1ccc(N(CC(=O)Nc2ccc(C)cc2)S(=O)(=O)c2ccc(C)cc2)c(OC)c1. The Hall–Kier alpha value is -3.32. The van der Waals surface area contributed by atoms with Gasteiger partial charge in [0.15, 0.2) is 0 Å². The topological polar surface area (TPSA) is 75.7 Å². The summed E-state index contributed by atoms with van der Waals surface area (Å²) in [6.45, 7) is 5.44. The highest BCUT2D eigenvalue weighted by Gasteiger charge is 2.29. The first kappa shape index (κ1) is 23.3. The molecule has 168 valence electrons. The molecule has 0 saturated carbocycles. The Kier molecular flexibility index (Phi) is 7.20. The number of nitrogens with zero attached hydrogens (tertiary/aromatic N) is 1. The van der Waals surface area contributed by atoms with E-state index in [4.69, 9.17) is 4.74 Å². The van der Waals surface area contributed by atoms with Gasteiger partial charge in [0.1, 0.15) is 12.3 Å². The molecular weight excluding hydrogens is 424 g/mol. The average Bonchev–Trinajstić information content (AvgIpc) is 2.79. The summed E-state index contributed by atoms with van der Waals surface area (Å²) >= 11 is 0. The average molecular weight is 453 g/mol. The smallest absolute Gasteiger partial charge is 0.264 e. The fourth-order valence-corrected chi connectivity index (χ4v) is 4.68. The largest absolute Gasteiger partial charge is 0.495 e. The molecule has 3 aromatic carbocycles. The van der Waals surface area contributed by atoms with Gasteiger partial charge in [-0.3, -0.25) is 9.10 Å². The number of amides is 1. The van der Waals surface area contributed by atoms with E-state index in [1.54, 1.807) is 48.5 Å². The van der Waals surface area contributed by atoms with Crippen LogP contribution in [0.25, 0.3) is 0 Å². The number of sulfonamides is 1. The van der Waals surface area contributed by atoms with Crippen molar-refractivity contribution in [3.63, 3.8) is 0 Å². The van der Waals surface area contributed by atoms with E-state index < -0.39 is 22.5 Å². The third kappa shape index (κ3) is 5.29. The lowest BCUT2D eigenvalue weighted by molar-refractivity contribution is -0.114. The zero-order chi connectivity index (χ0) is 23.3. The van der Waals surface area contributed by atoms with Crippen molar-refractivity contribution in [3.8, 4) is 5.75 Å². The molecule has 1 amide bonds. The molecule has 0 fully saturated rings. The van der Waals surface area contributed by atoms with Crippen molar-refractivity contribution in [1.29, 1.82) is 0 Å². The number of hydrogen-bond acceptors (Lipinski definition) is 4. The van der Waals surface area contributed by atoms with Crippen LogP contribution in [-0.2, 0) is 21.2 Å². The van der Waals surface area contributed by atoms with Gasteiger partial charge in [0.05, 0.1) is 17.7 Å². The van der Waals surface area contributed by atoms with Crippen LogP contribution in [0.3, 0.4) is 0 Å². The molecule has 0 atom stereocenters. The van der Waals surface area contributed by atoms with E-state index in [0.29, 0.717) is 17.1 Å². The number of ether oxygens (including phenoxy) is 1. The lowest BCUT2D eigenvalue weighted by atomic mass is 10.1. The van der Waals surface area contributed by atoms with Crippen molar-refractivity contribution >= 4 is 27.3 Å². The van der Waals surface area contributed by atoms with Gasteiger partial charge < -0.3 is 10.1 Å². The predicted molar refractivity (Wildman–Crippen MR) is 128 cm³/mol. The van der Waals surface area contributed by atoms with Crippen LogP contribution in [0.15, 0.2) is 71.6 Å². The zero-order valence-corrected chi connectivity index (χ0v) is 19.6. The van der Waals surface area contributed by atoms with E-state index >= 15 is 0 Å². The van der Waals surface area contributed by atoms with E-state index in [1.165, 1.54) is 7.11 Å². The molecule has 7 heteroatoms. The molecule has 0 bridgehead atoms. The predicted octanol–water partition coefficient (Wildman–Crippen LogP) is 4.71. The first-order valence-electron chi connectivity index (χ1n) is 10.4. The fraction of sp³-hybridized carbons (Fsp3) is 0.240. The maximum absolute atomic E-state index is 13.6. The summed E-state index contributed by atoms with van der Waals surface area (Å²) in [5, 5.41) is 2.78. The van der Waals surface area contributed by atoms with Gasteiger partial charge >= 0.3 is 0 Å². The number of anilines is 2. The minimum absolute atomic E-state index is 0.104. The van der Waals surface area contributed by atoms with Crippen LogP contribution in [0.4, 0.5) is 11.4 Å². The molecule has 32 heavy (non-hydrogen) atoms. The van der Waals surface area contributed by atoms with E-state index in [9.17, 15) is 13.2 Å². The quantitative estimate of drug-likeness (QED) is 0.537. The van der Waals surface area contributed by atoms with Gasteiger partial charge in [0.2, 0.25) is 5.91 Å². The van der Waals surface area contributed by atoms with Crippen LogP contribution < -0.4 is 14.4 Å². The van der Waals surface area contributed by atoms with E-state index in [-0.39, 0.29) is 4.90 Å². The van der Waals surface area contributed by atoms with Crippen molar-refractivity contribution in [2.75, 3.05) is 23.3 Å². The summed E-state index contributed by atoms with van der Waals surface area (Å²) in [4.78, 5) is 13.0. The number of methoxy groups -OCH3 is 1. The minimum Gasteiger partial charge on any atom is -0.495 e. The number of benzene rings is 3. The summed E-state index contributed by atoms with van der Waals surface area (Å²) in [6, 6.07) is 19.2. The van der Waals surface area contributed by atoms with Crippen molar-refractivity contribution in [3.05, 3.63) is 83.4 Å². The highest BCUT2D eigenvalue weighted by molar-refractivity contribution is 7.92. The third-order valence-electron chi connectivity index (χ3n) is 5.15. The number of carbonyl (C=O) groups is 1. The van der Waals surface area contributed by atoms with E-state index in [2.05, 4.69) is 5.32 Å². The lowest BCUT2D eigenvalue weighted by Gasteiger charge is -2.26. The summed E-state index contributed by atoms with van der Waals surface area (Å²) in [5.74, 6) is -0.0608. The Morgan fingerprint density at radius 1 is 0.938 bits per heavy atom. The van der Waals surface area contributed by atoms with Gasteiger partial charge in [-0.05, 0) is 62.2 Å². The van der Waals surface area contributed by atoms with E-state index in [0.717, 1.165) is 27.4 Å². The molecule has 0 saturated heterocycles. The highest BCUT2D eigenvalue weighted by Crippen LogP contribution is 2.33. The molecule has 0 heterocycles. The van der Waals surface area contributed by atoms with Gasteiger partial charge in [-0.1, -0.05) is 48.4 Å². The standard InChI is InChI=1S/C25H28N2O4S/c1-5-20-10-15-23(24(16-20)31-4)27(32(29,30)22-13-8-19(3)9-14-22)17-25(28)26-21-11-6-18(2)7-12-21/h6-16H,5,17H2,1-4H3,(H,26,28). The van der Waals surface area contributed by atoms with Gasteiger partial charge in [0, 0.05) is 5.69 Å². The number of nitrogens with one attached hydrogen (secondary N) is 1. The fourth-order valence-electron chi connectivity index (χ4n) is 3.25. The summed E-state index contributed by atoms with van der Waals surface area (Å²) in [7, 11) is -2.54. The minimum atomic E-state index is -4.02. The van der Waals surface area contributed by atoms with Gasteiger partial charge in [-0.15, -0.1) is 0 Å². The summed E-state index contributed by atoms with van der Waals surface area (Å²) in [5.41, 5.74) is 3.91. The molecule has 1 N–H and O–H groups in total. The Morgan fingerprint density at radius 2 is 1.53 bits per heavy atom. The Labute approximate surface area is 189 Å². The van der Waals surface area contributed by atoms with Crippen molar-refractivity contribution in [2.24, 2.45) is 0 Å². The third-order valence-corrected chi connectivity index (χ3v) is 6.93. The number of rotatable bonds is 8. The second-order valence-electron chi connectivity index (χ2n) is 7.60. The number of carbonyl (C=O) groups excluding carboxylic acids is 1. The number of hydrogen-bond donors (Lipinski definition) is 1. The Morgan fingerprint density at radius 3 is 2.09 bits per heavy atom. The lowest BCUT2D eigenvalue weighted by Crippen LogP contribution is -2.38.